The average Bonchev–Trinajstić information content (AvgIpc) is 2.66. The molecule has 4 heteroatoms. The van der Waals surface area contributed by atoms with E-state index < -0.39 is 18.7 Å². The van der Waals surface area contributed by atoms with Crippen LogP contribution in [0.15, 0.2) is 46.6 Å². The van der Waals surface area contributed by atoms with Gasteiger partial charge in [0.15, 0.2) is 6.10 Å². The number of carbonyl (C=O) groups excluding carboxylic acids is 1. The number of esters is 1. The number of ether oxygens (including phenoxy) is 1. The van der Waals surface area contributed by atoms with E-state index in [1.165, 1.54) is 22.3 Å². The second-order valence-corrected chi connectivity index (χ2v) is 8.06. The molecular weight excluding hydrogens is 364 g/mol. The monoisotopic (exact) mass is 406 g/mol. The minimum absolute atomic E-state index is 0.264. The van der Waals surface area contributed by atoms with Crippen LogP contribution >= 0.6 is 0 Å². The molecule has 0 heterocycles. The van der Waals surface area contributed by atoms with Gasteiger partial charge in [-0.15, -0.1) is 0 Å². The zero-order valence-electron chi connectivity index (χ0n) is 19.2. The van der Waals surface area contributed by atoms with Gasteiger partial charge in [-0.05, 0) is 86.0 Å². The van der Waals surface area contributed by atoms with Crippen molar-refractivity contribution in [3.05, 3.63) is 46.6 Å². The highest BCUT2D eigenvalue weighted by molar-refractivity contribution is 5.74. The van der Waals surface area contributed by atoms with E-state index in [4.69, 9.17) is 14.9 Å². The smallest absolute Gasteiger partial charge is 0.337 e. The Hall–Kier alpha value is -1.65. The highest BCUT2D eigenvalue weighted by Crippen LogP contribution is 2.14. The number of aliphatic hydroxyl groups is 2. The first-order valence-corrected chi connectivity index (χ1v) is 10.8. The van der Waals surface area contributed by atoms with Crippen LogP contribution in [0.4, 0.5) is 0 Å². The van der Waals surface area contributed by atoms with Gasteiger partial charge < -0.3 is 14.9 Å². The third kappa shape index (κ3) is 17.0. The van der Waals surface area contributed by atoms with Crippen molar-refractivity contribution in [1.82, 2.24) is 0 Å². The summed E-state index contributed by atoms with van der Waals surface area (Å²) in [5, 5.41) is 17.8. The van der Waals surface area contributed by atoms with Crippen LogP contribution in [-0.4, -0.2) is 35.5 Å². The van der Waals surface area contributed by atoms with Crippen LogP contribution in [0, 0.1) is 0 Å². The maximum absolute atomic E-state index is 11.2. The predicted molar refractivity (Wildman–Crippen MR) is 122 cm³/mol. The Balaban J connectivity index is 3.95. The first-order chi connectivity index (χ1) is 13.8. The molecule has 0 spiro atoms. The van der Waals surface area contributed by atoms with Crippen molar-refractivity contribution < 1.29 is 19.7 Å². The minimum atomic E-state index is -1.43. The van der Waals surface area contributed by atoms with Gasteiger partial charge in [0.2, 0.25) is 0 Å². The van der Waals surface area contributed by atoms with Gasteiger partial charge in [-0.3, -0.25) is 0 Å². The Morgan fingerprint density at radius 3 is 1.69 bits per heavy atom. The van der Waals surface area contributed by atoms with Crippen LogP contribution in [0.1, 0.15) is 86.0 Å². The minimum Gasteiger partial charge on any atom is -0.464 e. The molecule has 29 heavy (non-hydrogen) atoms. The second kappa shape index (κ2) is 17.2. The number of aliphatic hydroxyl groups excluding tert-OH is 2. The first-order valence-electron chi connectivity index (χ1n) is 10.8. The van der Waals surface area contributed by atoms with Crippen LogP contribution < -0.4 is 0 Å². The summed E-state index contributed by atoms with van der Waals surface area (Å²) < 4.78 is 4.88. The summed E-state index contributed by atoms with van der Waals surface area (Å²) in [6.45, 7) is 10.5. The molecular formula is C25H42O4. The van der Waals surface area contributed by atoms with Crippen molar-refractivity contribution in [2.24, 2.45) is 0 Å². The number of hydrogen-bond acceptors (Lipinski definition) is 4. The fourth-order valence-corrected chi connectivity index (χ4v) is 2.76. The van der Waals surface area contributed by atoms with Gasteiger partial charge in [0.25, 0.3) is 0 Å². The summed E-state index contributed by atoms with van der Waals surface area (Å²) in [6.07, 6.45) is 15.9. The van der Waals surface area contributed by atoms with Crippen LogP contribution in [0.25, 0.3) is 0 Å². The van der Waals surface area contributed by atoms with Crippen molar-refractivity contribution in [1.29, 1.82) is 0 Å². The van der Waals surface area contributed by atoms with Crippen LogP contribution in [0.5, 0.6) is 0 Å². The Labute approximate surface area is 178 Å². The summed E-state index contributed by atoms with van der Waals surface area (Å²) in [5.74, 6) is -0.758. The molecule has 166 valence electrons. The molecule has 1 unspecified atom stereocenters. The molecule has 1 atom stereocenters. The normalized spacial score (nSPS) is 14.0. The first kappa shape index (κ1) is 27.4. The lowest BCUT2D eigenvalue weighted by Gasteiger charge is -2.07. The van der Waals surface area contributed by atoms with E-state index in [0.29, 0.717) is 0 Å². The summed E-state index contributed by atoms with van der Waals surface area (Å²) >= 11 is 0. The Morgan fingerprint density at radius 2 is 1.24 bits per heavy atom. The van der Waals surface area contributed by atoms with E-state index in [-0.39, 0.29) is 6.61 Å². The second-order valence-electron chi connectivity index (χ2n) is 8.06. The molecule has 0 saturated carbocycles. The standard InChI is InChI=1S/C25H42O4/c1-20(2)11-8-13-22(4)15-10-17-23(5)16-9-14-21(3)12-6-7-18-29-25(28)24(27)19-26/h11-12,15-16,24,26-27H,6-10,13-14,17-19H2,1-5H3. The zero-order chi connectivity index (χ0) is 22.1. The van der Waals surface area contributed by atoms with Gasteiger partial charge in [0, 0.05) is 0 Å². The van der Waals surface area contributed by atoms with E-state index in [1.54, 1.807) is 0 Å². The molecule has 0 rings (SSSR count). The highest BCUT2D eigenvalue weighted by Gasteiger charge is 2.14. The van der Waals surface area contributed by atoms with E-state index in [0.717, 1.165) is 51.4 Å². The van der Waals surface area contributed by atoms with Crippen molar-refractivity contribution in [3.8, 4) is 0 Å². The molecule has 0 aliphatic rings. The number of unbranched alkanes of at least 4 members (excludes halogenated alkanes) is 1. The fourth-order valence-electron chi connectivity index (χ4n) is 2.76. The van der Waals surface area contributed by atoms with Gasteiger partial charge in [-0.25, -0.2) is 4.79 Å². The number of hydrogen-bond donors (Lipinski definition) is 2. The van der Waals surface area contributed by atoms with Crippen LogP contribution in [0.3, 0.4) is 0 Å². The molecule has 2 N–H and O–H groups in total. The average molecular weight is 407 g/mol. The van der Waals surface area contributed by atoms with Crippen LogP contribution in [-0.2, 0) is 9.53 Å². The molecule has 0 aromatic carbocycles. The lowest BCUT2D eigenvalue weighted by atomic mass is 10.0. The Morgan fingerprint density at radius 1 is 0.793 bits per heavy atom. The molecule has 0 saturated heterocycles. The predicted octanol–water partition coefficient (Wildman–Crippen LogP) is 5.81. The lowest BCUT2D eigenvalue weighted by molar-refractivity contribution is -0.155. The van der Waals surface area contributed by atoms with Gasteiger partial charge in [0.05, 0.1) is 13.2 Å². The van der Waals surface area contributed by atoms with Gasteiger partial charge in [-0.2, -0.15) is 0 Å². The molecule has 0 aromatic heterocycles. The third-order valence-electron chi connectivity index (χ3n) is 4.68. The molecule has 0 fully saturated rings. The maximum atomic E-state index is 11.2. The largest absolute Gasteiger partial charge is 0.464 e. The van der Waals surface area contributed by atoms with Gasteiger partial charge >= 0.3 is 5.97 Å². The summed E-state index contributed by atoms with van der Waals surface area (Å²) in [7, 11) is 0. The molecule has 4 nitrogen and oxygen atoms in total. The topological polar surface area (TPSA) is 66.8 Å². The van der Waals surface area contributed by atoms with E-state index in [9.17, 15) is 4.79 Å². The highest BCUT2D eigenvalue weighted by atomic mass is 16.5. The molecule has 0 radical (unpaired) electrons. The molecule has 0 bridgehead atoms. The maximum Gasteiger partial charge on any atom is 0.337 e. The molecule has 0 aromatic rings. The van der Waals surface area contributed by atoms with Gasteiger partial charge in [-0.1, -0.05) is 46.6 Å². The molecule has 0 amide bonds. The Bertz CT molecular complexity index is 578. The fraction of sp³-hybridized carbons (Fsp3) is 0.640. The summed E-state index contributed by atoms with van der Waals surface area (Å²) in [5.41, 5.74) is 5.65. The summed E-state index contributed by atoms with van der Waals surface area (Å²) in [4.78, 5) is 11.2. The summed E-state index contributed by atoms with van der Waals surface area (Å²) in [6, 6.07) is 0. The van der Waals surface area contributed by atoms with Crippen LogP contribution in [0.2, 0.25) is 0 Å². The number of rotatable bonds is 15. The van der Waals surface area contributed by atoms with E-state index in [2.05, 4.69) is 58.9 Å². The van der Waals surface area contributed by atoms with Crippen molar-refractivity contribution in [3.63, 3.8) is 0 Å². The lowest BCUT2D eigenvalue weighted by Crippen LogP contribution is -2.26. The van der Waals surface area contributed by atoms with Gasteiger partial charge in [0.1, 0.15) is 0 Å². The number of allylic oxidation sites excluding steroid dienone is 8. The van der Waals surface area contributed by atoms with Crippen molar-refractivity contribution >= 4 is 5.97 Å². The van der Waals surface area contributed by atoms with E-state index in [1.807, 2.05) is 0 Å². The molecule has 0 aliphatic heterocycles. The van der Waals surface area contributed by atoms with Crippen molar-refractivity contribution in [2.45, 2.75) is 92.1 Å². The zero-order valence-corrected chi connectivity index (χ0v) is 19.2. The Kier molecular flexibility index (Phi) is 16.2. The van der Waals surface area contributed by atoms with Crippen molar-refractivity contribution in [2.75, 3.05) is 13.2 Å². The number of carbonyl (C=O) groups is 1. The SMILES string of the molecule is CC(C)=CCCC(C)=CCCC(C)=CCCC(C)=CCCCOC(=O)C(O)CO. The quantitative estimate of drug-likeness (QED) is 0.205. The molecule has 0 aliphatic carbocycles. The van der Waals surface area contributed by atoms with E-state index >= 15 is 0 Å². The third-order valence-corrected chi connectivity index (χ3v) is 4.68.